The van der Waals surface area contributed by atoms with Gasteiger partial charge in [-0.2, -0.15) is 4.98 Å². The summed E-state index contributed by atoms with van der Waals surface area (Å²) in [4.78, 5) is 8.66. The summed E-state index contributed by atoms with van der Waals surface area (Å²) in [6.45, 7) is 0. The van der Waals surface area contributed by atoms with E-state index in [1.807, 2.05) is 0 Å². The van der Waals surface area contributed by atoms with Gasteiger partial charge in [0.1, 0.15) is 6.10 Å². The van der Waals surface area contributed by atoms with Gasteiger partial charge in [0.05, 0.1) is 21.7 Å². The highest BCUT2D eigenvalue weighted by molar-refractivity contribution is 9.10. The second-order valence-corrected chi connectivity index (χ2v) is 8.60. The Morgan fingerprint density at radius 1 is 1.27 bits per heavy atom. The van der Waals surface area contributed by atoms with E-state index in [0.717, 1.165) is 19.3 Å². The van der Waals surface area contributed by atoms with Gasteiger partial charge >= 0.3 is 0 Å². The van der Waals surface area contributed by atoms with Crippen LogP contribution >= 0.6 is 15.9 Å². The summed E-state index contributed by atoms with van der Waals surface area (Å²) in [6.07, 6.45) is 3.21. The third-order valence-electron chi connectivity index (χ3n) is 4.08. The van der Waals surface area contributed by atoms with E-state index in [4.69, 9.17) is 4.74 Å². The number of ether oxygens (including phenoxy) is 1. The zero-order valence-electron chi connectivity index (χ0n) is 14.0. The molecule has 0 bridgehead atoms. The smallest absolute Gasteiger partial charge is 0.240 e. The molecule has 0 spiro atoms. The minimum atomic E-state index is -3.48. The monoisotopic (exact) mass is 442 g/mol. The topological polar surface area (TPSA) is 113 Å². The number of aliphatic hydroxyl groups excluding tert-OH is 1. The van der Waals surface area contributed by atoms with Crippen molar-refractivity contribution in [2.45, 2.75) is 36.4 Å². The van der Waals surface area contributed by atoms with Gasteiger partial charge in [-0.3, -0.25) is 0 Å². The first kappa shape index (κ1) is 19.0. The molecular formula is C16H19BrN4O4S. The van der Waals surface area contributed by atoms with Gasteiger partial charge in [0.2, 0.25) is 21.9 Å². The van der Waals surface area contributed by atoms with Crippen molar-refractivity contribution in [2.24, 2.45) is 0 Å². The Bertz CT molecular complexity index is 876. The molecule has 3 rings (SSSR count). The van der Waals surface area contributed by atoms with Crippen LogP contribution in [0.5, 0.6) is 5.88 Å². The minimum absolute atomic E-state index is 0.168. The number of halogens is 1. The third-order valence-corrected chi connectivity index (χ3v) is 6.06. The molecule has 1 aromatic heterocycles. The van der Waals surface area contributed by atoms with Gasteiger partial charge < -0.3 is 15.2 Å². The quantitative estimate of drug-likeness (QED) is 0.627. The van der Waals surface area contributed by atoms with Gasteiger partial charge in [-0.25, -0.2) is 18.1 Å². The lowest BCUT2D eigenvalue weighted by Crippen LogP contribution is -2.26. The Hall–Kier alpha value is -1.75. The van der Waals surface area contributed by atoms with Crippen molar-refractivity contribution in [3.05, 3.63) is 34.9 Å². The first-order valence-corrected chi connectivity index (χ1v) is 10.3. The van der Waals surface area contributed by atoms with Crippen molar-refractivity contribution in [3.63, 3.8) is 0 Å². The van der Waals surface area contributed by atoms with E-state index in [1.165, 1.54) is 19.2 Å². The van der Waals surface area contributed by atoms with E-state index >= 15 is 0 Å². The predicted octanol–water partition coefficient (Wildman–Crippen LogP) is 2.18. The van der Waals surface area contributed by atoms with Crippen LogP contribution in [0.15, 0.2) is 39.8 Å². The highest BCUT2D eigenvalue weighted by Crippen LogP contribution is 2.29. The van der Waals surface area contributed by atoms with E-state index in [1.54, 1.807) is 18.3 Å². The second-order valence-electron chi connectivity index (χ2n) is 5.86. The number of nitrogens with zero attached hydrogens (tertiary/aromatic N) is 2. The normalized spacial score (nSPS) is 20.1. The molecule has 1 aliphatic rings. The second kappa shape index (κ2) is 7.87. The summed E-state index contributed by atoms with van der Waals surface area (Å²) >= 11 is 3.35. The molecular weight excluding hydrogens is 424 g/mol. The van der Waals surface area contributed by atoms with Crippen LogP contribution in [0.4, 0.5) is 11.6 Å². The van der Waals surface area contributed by atoms with E-state index in [2.05, 4.69) is 35.9 Å². The fraction of sp³-hybridized carbons (Fsp3) is 0.375. The van der Waals surface area contributed by atoms with E-state index in [-0.39, 0.29) is 11.0 Å². The predicted molar refractivity (Wildman–Crippen MR) is 100.0 cm³/mol. The summed E-state index contributed by atoms with van der Waals surface area (Å²) in [6, 6.07) is 6.21. The number of hydrogen-bond acceptors (Lipinski definition) is 7. The first-order chi connectivity index (χ1) is 12.4. The molecule has 0 amide bonds. The number of sulfonamides is 1. The Morgan fingerprint density at radius 3 is 2.62 bits per heavy atom. The van der Waals surface area contributed by atoms with Crippen LogP contribution in [0.3, 0.4) is 0 Å². The maximum atomic E-state index is 11.7. The van der Waals surface area contributed by atoms with Gasteiger partial charge in [-0.1, -0.05) is 0 Å². The number of benzene rings is 1. The van der Waals surface area contributed by atoms with Crippen molar-refractivity contribution in [2.75, 3.05) is 12.4 Å². The van der Waals surface area contributed by atoms with Crippen LogP contribution in [-0.2, 0) is 10.0 Å². The molecule has 3 N–H and O–H groups in total. The fourth-order valence-electron chi connectivity index (χ4n) is 2.65. The molecule has 8 nitrogen and oxygen atoms in total. The molecule has 1 aromatic carbocycles. The Kier molecular flexibility index (Phi) is 5.76. The van der Waals surface area contributed by atoms with Crippen LogP contribution in [-0.4, -0.2) is 42.7 Å². The van der Waals surface area contributed by atoms with Crippen LogP contribution in [0.1, 0.15) is 19.3 Å². The summed E-state index contributed by atoms with van der Waals surface area (Å²) in [5.74, 6) is 0.655. The van der Waals surface area contributed by atoms with Crippen molar-refractivity contribution in [3.8, 4) is 5.88 Å². The zero-order chi connectivity index (χ0) is 18.7. The van der Waals surface area contributed by atoms with Crippen LogP contribution in [0, 0.1) is 0 Å². The maximum Gasteiger partial charge on any atom is 0.240 e. The van der Waals surface area contributed by atoms with Gasteiger partial charge in [0, 0.05) is 5.69 Å². The van der Waals surface area contributed by atoms with Gasteiger partial charge in [0.15, 0.2) is 0 Å². The number of aromatic nitrogens is 2. The van der Waals surface area contributed by atoms with Gasteiger partial charge in [-0.15, -0.1) is 0 Å². The molecule has 1 aliphatic carbocycles. The zero-order valence-corrected chi connectivity index (χ0v) is 16.4. The molecule has 0 saturated heterocycles. The van der Waals surface area contributed by atoms with E-state index in [0.29, 0.717) is 22.0 Å². The number of anilines is 2. The molecule has 0 radical (unpaired) electrons. The summed E-state index contributed by atoms with van der Waals surface area (Å²) in [7, 11) is -2.12. The Balaban J connectivity index is 1.75. The summed E-state index contributed by atoms with van der Waals surface area (Å²) < 4.78 is 32.1. The molecule has 2 aromatic rings. The standard InChI is InChI=1S/C16H19BrN4O4S/c1-18-26(23,24)11-7-5-10(6-8-11)20-16-19-9-12(17)15(21-16)25-14-4-2-3-13(14)22/h5-9,13-14,18,22H,2-4H2,1H3,(H,19,20,21). The molecule has 26 heavy (non-hydrogen) atoms. The van der Waals surface area contributed by atoms with Crippen molar-refractivity contribution < 1.29 is 18.3 Å². The lowest BCUT2D eigenvalue weighted by molar-refractivity contribution is 0.0569. The maximum absolute atomic E-state index is 11.7. The van der Waals surface area contributed by atoms with Crippen LogP contribution < -0.4 is 14.8 Å². The summed E-state index contributed by atoms with van der Waals surface area (Å²) in [5, 5.41) is 12.9. The molecule has 2 atom stereocenters. The Morgan fingerprint density at radius 2 is 2.00 bits per heavy atom. The van der Waals surface area contributed by atoms with Crippen LogP contribution in [0.2, 0.25) is 0 Å². The molecule has 2 unspecified atom stereocenters. The molecule has 140 valence electrons. The van der Waals surface area contributed by atoms with E-state index < -0.39 is 16.1 Å². The largest absolute Gasteiger partial charge is 0.471 e. The number of hydrogen-bond donors (Lipinski definition) is 3. The minimum Gasteiger partial charge on any atom is -0.471 e. The fourth-order valence-corrected chi connectivity index (χ4v) is 3.66. The van der Waals surface area contributed by atoms with Gasteiger partial charge in [-0.05, 0) is 66.5 Å². The van der Waals surface area contributed by atoms with Crippen molar-refractivity contribution in [1.82, 2.24) is 14.7 Å². The molecule has 0 aliphatic heterocycles. The Labute approximate surface area is 160 Å². The first-order valence-electron chi connectivity index (χ1n) is 8.07. The molecule has 10 heteroatoms. The average Bonchev–Trinajstić information content (AvgIpc) is 3.03. The average molecular weight is 443 g/mol. The summed E-state index contributed by atoms with van der Waals surface area (Å²) in [5.41, 5.74) is 0.634. The highest BCUT2D eigenvalue weighted by atomic mass is 79.9. The number of rotatable bonds is 6. The molecule has 1 heterocycles. The molecule has 1 saturated carbocycles. The number of aliphatic hydroxyl groups is 1. The lowest BCUT2D eigenvalue weighted by atomic mass is 10.3. The van der Waals surface area contributed by atoms with E-state index in [9.17, 15) is 13.5 Å². The van der Waals surface area contributed by atoms with Crippen LogP contribution in [0.25, 0.3) is 0 Å². The highest BCUT2D eigenvalue weighted by Gasteiger charge is 2.28. The molecule has 1 fully saturated rings. The SMILES string of the molecule is CNS(=O)(=O)c1ccc(Nc2ncc(Br)c(OC3CCCC3O)n2)cc1. The van der Waals surface area contributed by atoms with Crippen molar-refractivity contribution >= 4 is 37.6 Å². The number of nitrogens with one attached hydrogen (secondary N) is 2. The van der Waals surface area contributed by atoms with Crippen molar-refractivity contribution in [1.29, 1.82) is 0 Å². The van der Waals surface area contributed by atoms with Gasteiger partial charge in [0.25, 0.3) is 0 Å². The third kappa shape index (κ3) is 4.32. The lowest BCUT2D eigenvalue weighted by Gasteiger charge is -2.17.